The van der Waals surface area contributed by atoms with Gasteiger partial charge in [-0.25, -0.2) is 4.79 Å². The predicted molar refractivity (Wildman–Crippen MR) is 42.2 cm³/mol. The molecule has 0 fully saturated rings. The molecule has 0 aliphatic carbocycles. The van der Waals surface area contributed by atoms with Crippen molar-refractivity contribution in [2.75, 3.05) is 20.3 Å². The number of hydrogen-bond acceptors (Lipinski definition) is 4. The van der Waals surface area contributed by atoms with Gasteiger partial charge >= 0.3 is 5.97 Å². The Morgan fingerprint density at radius 3 is 2.92 bits per heavy atom. The highest BCUT2D eigenvalue weighted by molar-refractivity contribution is 5.82. The van der Waals surface area contributed by atoms with E-state index in [0.717, 1.165) is 12.2 Å². The van der Waals surface area contributed by atoms with Gasteiger partial charge in [-0.2, -0.15) is 5.26 Å². The largest absolute Gasteiger partial charge is 0.462 e. The Bertz CT molecular complexity index is 193. The third kappa shape index (κ3) is 6.78. The molecule has 4 heteroatoms. The Balaban J connectivity index is 3.33. The van der Waals surface area contributed by atoms with Gasteiger partial charge in [-0.15, -0.1) is 0 Å². The lowest BCUT2D eigenvalue weighted by molar-refractivity contribution is -0.138. The lowest BCUT2D eigenvalue weighted by Crippen LogP contribution is -2.04. The van der Waals surface area contributed by atoms with Crippen molar-refractivity contribution in [3.8, 4) is 6.07 Å². The highest BCUT2D eigenvalue weighted by Crippen LogP contribution is 1.86. The molecule has 0 aromatic rings. The molecule has 0 aliphatic rings. The van der Waals surface area contributed by atoms with Crippen LogP contribution < -0.4 is 0 Å². The van der Waals surface area contributed by atoms with E-state index in [-0.39, 0.29) is 0 Å². The van der Waals surface area contributed by atoms with Crippen molar-refractivity contribution in [2.24, 2.45) is 0 Å². The van der Waals surface area contributed by atoms with E-state index in [0.29, 0.717) is 19.6 Å². The first-order chi connectivity index (χ1) is 5.81. The second-order valence-corrected chi connectivity index (χ2v) is 1.98. The van der Waals surface area contributed by atoms with Gasteiger partial charge in [0.2, 0.25) is 0 Å². The van der Waals surface area contributed by atoms with Crippen molar-refractivity contribution in [3.63, 3.8) is 0 Å². The van der Waals surface area contributed by atoms with Gasteiger partial charge in [-0.05, 0) is 0 Å². The van der Waals surface area contributed by atoms with Crippen LogP contribution in [-0.4, -0.2) is 26.3 Å². The Hall–Kier alpha value is -1.34. The average molecular weight is 169 g/mol. The molecule has 0 bridgehead atoms. The third-order valence-electron chi connectivity index (χ3n) is 1.03. The van der Waals surface area contributed by atoms with E-state index in [4.69, 9.17) is 10.00 Å². The number of rotatable bonds is 5. The molecule has 4 nitrogen and oxygen atoms in total. The van der Waals surface area contributed by atoms with Gasteiger partial charge in [0, 0.05) is 32.3 Å². The smallest absolute Gasteiger partial charge is 0.331 e. The van der Waals surface area contributed by atoms with Crippen molar-refractivity contribution in [1.29, 1.82) is 5.26 Å². The molecule has 0 atom stereocenters. The summed E-state index contributed by atoms with van der Waals surface area (Å²) < 4.78 is 9.43. The van der Waals surface area contributed by atoms with Crippen LogP contribution in [0.1, 0.15) is 6.42 Å². The van der Waals surface area contributed by atoms with Gasteiger partial charge in [0.25, 0.3) is 0 Å². The van der Waals surface area contributed by atoms with Crippen LogP contribution >= 0.6 is 0 Å². The second kappa shape index (κ2) is 7.76. The minimum absolute atomic E-state index is 0.322. The fraction of sp³-hybridized carbons (Fsp3) is 0.500. The van der Waals surface area contributed by atoms with E-state index in [2.05, 4.69) is 4.74 Å². The van der Waals surface area contributed by atoms with Gasteiger partial charge < -0.3 is 9.47 Å². The van der Waals surface area contributed by atoms with Crippen LogP contribution in [0.5, 0.6) is 0 Å². The Morgan fingerprint density at radius 2 is 2.33 bits per heavy atom. The van der Waals surface area contributed by atoms with E-state index in [1.807, 2.05) is 0 Å². The summed E-state index contributed by atoms with van der Waals surface area (Å²) in [5.74, 6) is -0.493. The summed E-state index contributed by atoms with van der Waals surface area (Å²) in [6, 6.07) is 1.69. The minimum Gasteiger partial charge on any atom is -0.462 e. The van der Waals surface area contributed by atoms with Gasteiger partial charge in [0.05, 0.1) is 12.7 Å². The number of nitrogens with zero attached hydrogens (tertiary/aromatic N) is 1. The van der Waals surface area contributed by atoms with Crippen molar-refractivity contribution < 1.29 is 14.3 Å². The predicted octanol–water partition coefficient (Wildman–Crippen LogP) is 0.646. The molecular weight excluding hydrogens is 158 g/mol. The number of carbonyl (C=O) groups excluding carboxylic acids is 1. The van der Waals surface area contributed by atoms with E-state index in [9.17, 15) is 4.79 Å². The topological polar surface area (TPSA) is 59.3 Å². The van der Waals surface area contributed by atoms with Crippen molar-refractivity contribution >= 4 is 5.97 Å². The number of esters is 1. The highest BCUT2D eigenvalue weighted by Gasteiger charge is 1.94. The van der Waals surface area contributed by atoms with Gasteiger partial charge in [-0.1, -0.05) is 0 Å². The number of allylic oxidation sites excluding steroid dienone is 1. The molecule has 0 N–H and O–H groups in total. The zero-order valence-electron chi connectivity index (χ0n) is 6.95. The quantitative estimate of drug-likeness (QED) is 0.262. The third-order valence-corrected chi connectivity index (χ3v) is 1.03. The molecule has 0 aromatic carbocycles. The standard InChI is InChI=1S/C8H11NO3/c1-11-6-3-7-12-8(10)4-2-5-9/h2,4H,3,6-7H2,1H3. The number of methoxy groups -OCH3 is 1. The van der Waals surface area contributed by atoms with E-state index < -0.39 is 5.97 Å². The molecule has 0 saturated heterocycles. The maximum atomic E-state index is 10.7. The number of hydrogen-bond donors (Lipinski definition) is 0. The molecule has 0 heterocycles. The molecule has 66 valence electrons. The van der Waals surface area contributed by atoms with Gasteiger partial charge in [0.15, 0.2) is 0 Å². The van der Waals surface area contributed by atoms with Crippen LogP contribution in [0, 0.1) is 11.3 Å². The monoisotopic (exact) mass is 169 g/mol. The molecule has 0 spiro atoms. The summed E-state index contributed by atoms with van der Waals surface area (Å²) in [4.78, 5) is 10.7. The van der Waals surface area contributed by atoms with Crippen LogP contribution in [0.25, 0.3) is 0 Å². The normalized spacial score (nSPS) is 9.67. The fourth-order valence-corrected chi connectivity index (χ4v) is 0.529. The summed E-state index contributed by atoms with van der Waals surface area (Å²) in [5.41, 5.74) is 0. The highest BCUT2D eigenvalue weighted by atomic mass is 16.5. The molecular formula is C8H11NO3. The van der Waals surface area contributed by atoms with E-state index in [1.54, 1.807) is 13.2 Å². The Labute approximate surface area is 71.4 Å². The van der Waals surface area contributed by atoms with Crippen LogP contribution in [0.15, 0.2) is 12.2 Å². The second-order valence-electron chi connectivity index (χ2n) is 1.98. The van der Waals surface area contributed by atoms with Crippen LogP contribution in [-0.2, 0) is 14.3 Å². The average Bonchev–Trinajstić information content (AvgIpc) is 2.09. The number of carbonyl (C=O) groups is 1. The summed E-state index contributed by atoms with van der Waals surface area (Å²) in [5, 5.41) is 8.06. The molecule has 0 aliphatic heterocycles. The molecule has 0 radical (unpaired) electrons. The lowest BCUT2D eigenvalue weighted by atomic mass is 10.5. The van der Waals surface area contributed by atoms with Crippen molar-refractivity contribution in [2.45, 2.75) is 6.42 Å². The number of ether oxygens (including phenoxy) is 2. The van der Waals surface area contributed by atoms with Crippen LogP contribution in [0.2, 0.25) is 0 Å². The number of nitriles is 1. The van der Waals surface area contributed by atoms with Crippen LogP contribution in [0.3, 0.4) is 0 Å². The first kappa shape index (κ1) is 10.7. The molecule has 0 rings (SSSR count). The van der Waals surface area contributed by atoms with E-state index >= 15 is 0 Å². The van der Waals surface area contributed by atoms with E-state index in [1.165, 1.54) is 0 Å². The van der Waals surface area contributed by atoms with Gasteiger partial charge in [-0.3, -0.25) is 0 Å². The zero-order valence-corrected chi connectivity index (χ0v) is 6.95. The maximum Gasteiger partial charge on any atom is 0.331 e. The summed E-state index contributed by atoms with van der Waals surface area (Å²) in [6.07, 6.45) is 2.84. The SMILES string of the molecule is COCCCOC(=O)C=CC#N. The minimum atomic E-state index is -0.493. The summed E-state index contributed by atoms with van der Waals surface area (Å²) in [6.45, 7) is 0.887. The van der Waals surface area contributed by atoms with Gasteiger partial charge in [0.1, 0.15) is 0 Å². The molecule has 12 heavy (non-hydrogen) atoms. The first-order valence-electron chi connectivity index (χ1n) is 3.53. The maximum absolute atomic E-state index is 10.7. The molecule has 0 amide bonds. The molecule has 0 aromatic heterocycles. The van der Waals surface area contributed by atoms with Crippen molar-refractivity contribution in [1.82, 2.24) is 0 Å². The summed E-state index contributed by atoms with van der Waals surface area (Å²) in [7, 11) is 1.58. The zero-order chi connectivity index (χ0) is 9.23. The molecule has 0 saturated carbocycles. The van der Waals surface area contributed by atoms with Crippen molar-refractivity contribution in [3.05, 3.63) is 12.2 Å². The fourth-order valence-electron chi connectivity index (χ4n) is 0.529. The van der Waals surface area contributed by atoms with Crippen LogP contribution in [0.4, 0.5) is 0 Å². The molecule has 0 unspecified atom stereocenters. The summed E-state index contributed by atoms with van der Waals surface area (Å²) >= 11 is 0. The Kier molecular flexibility index (Phi) is 6.90. The first-order valence-corrected chi connectivity index (χ1v) is 3.53. The lowest BCUT2D eigenvalue weighted by Gasteiger charge is -1.99. The Morgan fingerprint density at radius 1 is 1.58 bits per heavy atom.